The van der Waals surface area contributed by atoms with E-state index in [1.165, 1.54) is 12.1 Å². The number of amidine groups is 1. The van der Waals surface area contributed by atoms with Gasteiger partial charge in [-0.15, -0.1) is 0 Å². The van der Waals surface area contributed by atoms with Crippen LogP contribution in [0.25, 0.3) is 11.3 Å². The summed E-state index contributed by atoms with van der Waals surface area (Å²) in [5.41, 5.74) is 0.801. The highest BCUT2D eigenvalue weighted by Gasteiger charge is 2.38. The van der Waals surface area contributed by atoms with Gasteiger partial charge in [-0.05, 0) is 43.9 Å². The standard InChI is InChI=1S/C26H26F3N5O4/c27-26(28,29)20-4-2-1-3-18(20)22-19(23(37-32-22)15-5-6-15)14-36-17-9-11-34(12-10-17)21-8-7-16(13-30-21)24-31-25(35)38-33-24/h1-4,7-8,13,15,17,25,35H,5-6,9-12,14H2,(H,31,33). The van der Waals surface area contributed by atoms with Crippen molar-refractivity contribution in [3.8, 4) is 11.3 Å². The number of hydrogen-bond donors (Lipinski definition) is 2. The average molecular weight is 530 g/mol. The predicted molar refractivity (Wildman–Crippen MR) is 130 cm³/mol. The van der Waals surface area contributed by atoms with Crippen molar-refractivity contribution < 1.29 is 32.4 Å². The lowest BCUT2D eigenvalue weighted by Gasteiger charge is -2.32. The van der Waals surface area contributed by atoms with Gasteiger partial charge in [-0.25, -0.2) is 4.98 Å². The minimum absolute atomic E-state index is 0.0124. The summed E-state index contributed by atoms with van der Waals surface area (Å²) in [6.45, 7) is 1.60. The Bertz CT molecular complexity index is 1320. The molecule has 0 spiro atoms. The summed E-state index contributed by atoms with van der Waals surface area (Å²) in [5.74, 6) is 2.05. The van der Waals surface area contributed by atoms with Crippen molar-refractivity contribution in [2.75, 3.05) is 18.0 Å². The normalized spacial score (nSPS) is 20.3. The quantitative estimate of drug-likeness (QED) is 0.465. The lowest BCUT2D eigenvalue weighted by atomic mass is 9.99. The van der Waals surface area contributed by atoms with Gasteiger partial charge in [0.15, 0.2) is 5.84 Å². The number of oxime groups is 1. The number of nitrogens with one attached hydrogen (secondary N) is 1. The first-order valence-electron chi connectivity index (χ1n) is 12.5. The van der Waals surface area contributed by atoms with Crippen LogP contribution in [0.4, 0.5) is 19.0 Å². The van der Waals surface area contributed by atoms with Gasteiger partial charge in [-0.2, -0.15) is 13.2 Å². The van der Waals surface area contributed by atoms with E-state index in [1.807, 2.05) is 12.1 Å². The van der Waals surface area contributed by atoms with Gasteiger partial charge in [0, 0.05) is 41.9 Å². The number of anilines is 1. The Morgan fingerprint density at radius 2 is 1.87 bits per heavy atom. The summed E-state index contributed by atoms with van der Waals surface area (Å²) in [6, 6.07) is 9.18. The first-order valence-corrected chi connectivity index (χ1v) is 12.5. The van der Waals surface area contributed by atoms with Gasteiger partial charge in [0.1, 0.15) is 17.3 Å². The second kappa shape index (κ2) is 9.91. The Hall–Kier alpha value is -3.64. The number of halogens is 3. The van der Waals surface area contributed by atoms with E-state index in [-0.39, 0.29) is 29.9 Å². The summed E-state index contributed by atoms with van der Waals surface area (Å²) in [4.78, 5) is 11.4. The maximum Gasteiger partial charge on any atom is 0.417 e. The second-order valence-corrected chi connectivity index (χ2v) is 9.64. The van der Waals surface area contributed by atoms with Gasteiger partial charge >= 0.3 is 12.6 Å². The number of benzene rings is 1. The Morgan fingerprint density at radius 3 is 2.53 bits per heavy atom. The third kappa shape index (κ3) is 5.05. The number of aliphatic hydroxyl groups excluding tert-OH is 1. The molecule has 1 saturated heterocycles. The molecule has 2 N–H and O–H groups in total. The number of rotatable bonds is 7. The summed E-state index contributed by atoms with van der Waals surface area (Å²) >= 11 is 0. The molecule has 4 heterocycles. The number of nitrogens with zero attached hydrogens (tertiary/aromatic N) is 4. The minimum Gasteiger partial charge on any atom is -0.373 e. The third-order valence-corrected chi connectivity index (χ3v) is 7.01. The molecular formula is C26H26F3N5O4. The number of aromatic nitrogens is 2. The molecule has 1 saturated carbocycles. The van der Waals surface area contributed by atoms with E-state index < -0.39 is 18.2 Å². The topological polar surface area (TPSA) is 105 Å². The highest BCUT2D eigenvalue weighted by Crippen LogP contribution is 2.46. The van der Waals surface area contributed by atoms with Gasteiger partial charge in [0.2, 0.25) is 0 Å². The van der Waals surface area contributed by atoms with E-state index >= 15 is 0 Å². The maximum atomic E-state index is 13.7. The third-order valence-electron chi connectivity index (χ3n) is 7.01. The molecule has 200 valence electrons. The van der Waals surface area contributed by atoms with Gasteiger partial charge in [-0.1, -0.05) is 28.5 Å². The molecule has 6 rings (SSSR count). The first-order chi connectivity index (χ1) is 18.4. The van der Waals surface area contributed by atoms with Crippen molar-refractivity contribution >= 4 is 11.7 Å². The van der Waals surface area contributed by atoms with Crippen LogP contribution in [0.1, 0.15) is 54.1 Å². The molecule has 0 radical (unpaired) electrons. The molecule has 3 aliphatic rings. The number of pyridine rings is 1. The van der Waals surface area contributed by atoms with E-state index in [1.54, 1.807) is 12.3 Å². The lowest BCUT2D eigenvalue weighted by Crippen LogP contribution is -2.37. The van der Waals surface area contributed by atoms with E-state index in [9.17, 15) is 18.3 Å². The van der Waals surface area contributed by atoms with Crippen LogP contribution < -0.4 is 10.2 Å². The Balaban J connectivity index is 1.11. The minimum atomic E-state index is -4.50. The van der Waals surface area contributed by atoms with Crippen molar-refractivity contribution in [2.24, 2.45) is 5.16 Å². The fraction of sp³-hybridized carbons (Fsp3) is 0.423. The average Bonchev–Trinajstić information content (AvgIpc) is 3.53. The van der Waals surface area contributed by atoms with Gasteiger partial charge in [0.25, 0.3) is 0 Å². The fourth-order valence-corrected chi connectivity index (χ4v) is 4.85. The first kappa shape index (κ1) is 24.7. The maximum absolute atomic E-state index is 13.7. The van der Waals surface area contributed by atoms with Crippen LogP contribution in [0.15, 0.2) is 52.3 Å². The molecule has 0 amide bonds. The second-order valence-electron chi connectivity index (χ2n) is 9.64. The molecule has 9 nitrogen and oxygen atoms in total. The summed E-state index contributed by atoms with van der Waals surface area (Å²) in [5, 5.41) is 19.9. The van der Waals surface area contributed by atoms with Crippen LogP contribution in [-0.4, -0.2) is 46.7 Å². The molecule has 2 fully saturated rings. The van der Waals surface area contributed by atoms with Crippen LogP contribution in [0.5, 0.6) is 0 Å². The molecule has 2 aliphatic heterocycles. The highest BCUT2D eigenvalue weighted by atomic mass is 19.4. The largest absolute Gasteiger partial charge is 0.417 e. The smallest absolute Gasteiger partial charge is 0.373 e. The summed E-state index contributed by atoms with van der Waals surface area (Å²) in [6.07, 6.45) is -0.675. The van der Waals surface area contributed by atoms with Crippen molar-refractivity contribution in [1.29, 1.82) is 0 Å². The SMILES string of the molecule is OC1NC(c2ccc(N3CCC(OCc4c(-c5ccccc5C(F)(F)F)noc4C4CC4)CC3)nc2)=NO1. The van der Waals surface area contributed by atoms with Crippen molar-refractivity contribution in [2.45, 2.75) is 56.9 Å². The van der Waals surface area contributed by atoms with E-state index in [0.29, 0.717) is 22.7 Å². The van der Waals surface area contributed by atoms with Crippen molar-refractivity contribution in [3.63, 3.8) is 0 Å². The number of hydrogen-bond acceptors (Lipinski definition) is 9. The van der Waals surface area contributed by atoms with E-state index in [0.717, 1.165) is 50.7 Å². The number of ether oxygens (including phenoxy) is 1. The number of piperidine rings is 1. The van der Waals surface area contributed by atoms with E-state index in [4.69, 9.17) is 14.1 Å². The Labute approximate surface area is 216 Å². The molecule has 3 aromatic rings. The Morgan fingerprint density at radius 1 is 1.08 bits per heavy atom. The molecule has 1 unspecified atom stereocenters. The lowest BCUT2D eigenvalue weighted by molar-refractivity contribution is -0.137. The van der Waals surface area contributed by atoms with Crippen LogP contribution in [0.3, 0.4) is 0 Å². The fourth-order valence-electron chi connectivity index (χ4n) is 4.85. The molecule has 1 atom stereocenters. The van der Waals surface area contributed by atoms with Gasteiger partial charge in [-0.3, -0.25) is 0 Å². The molecule has 1 aliphatic carbocycles. The summed E-state index contributed by atoms with van der Waals surface area (Å²) < 4.78 is 52.9. The Kier molecular flexibility index (Phi) is 6.44. The van der Waals surface area contributed by atoms with Crippen LogP contribution >= 0.6 is 0 Å². The molecule has 12 heteroatoms. The van der Waals surface area contributed by atoms with Gasteiger partial charge < -0.3 is 29.4 Å². The van der Waals surface area contributed by atoms with Crippen LogP contribution in [0, 0.1) is 0 Å². The van der Waals surface area contributed by atoms with E-state index in [2.05, 4.69) is 25.5 Å². The van der Waals surface area contributed by atoms with Crippen molar-refractivity contribution in [1.82, 2.24) is 15.5 Å². The zero-order chi connectivity index (χ0) is 26.3. The molecular weight excluding hydrogens is 503 g/mol. The van der Waals surface area contributed by atoms with Crippen molar-refractivity contribution in [3.05, 3.63) is 65.0 Å². The van der Waals surface area contributed by atoms with Crippen LogP contribution in [0.2, 0.25) is 0 Å². The van der Waals surface area contributed by atoms with Gasteiger partial charge in [0.05, 0.1) is 18.3 Å². The molecule has 1 aromatic carbocycles. The molecule has 2 aromatic heterocycles. The monoisotopic (exact) mass is 529 g/mol. The molecule has 38 heavy (non-hydrogen) atoms. The summed E-state index contributed by atoms with van der Waals surface area (Å²) in [7, 11) is 0. The highest BCUT2D eigenvalue weighted by molar-refractivity contribution is 5.98. The van der Waals surface area contributed by atoms with Crippen LogP contribution in [-0.2, 0) is 22.4 Å². The number of alkyl halides is 3. The zero-order valence-electron chi connectivity index (χ0n) is 20.3. The predicted octanol–water partition coefficient (Wildman–Crippen LogP) is 4.38. The zero-order valence-corrected chi connectivity index (χ0v) is 20.3. The number of aliphatic hydroxyl groups is 1. The molecule has 0 bridgehead atoms.